The maximum Gasteiger partial charge on any atom is 0.188 e. The lowest BCUT2D eigenvalue weighted by Gasteiger charge is -2.71. The van der Waals surface area contributed by atoms with Crippen LogP contribution in [-0.4, -0.2) is 34.9 Å². The Morgan fingerprint density at radius 2 is 1.90 bits per heavy atom. The fraction of sp³-hybridized carbons (Fsp3) is 0.933. The second-order valence-corrected chi connectivity index (χ2v) is 6.65. The van der Waals surface area contributed by atoms with Crippen LogP contribution >= 0.6 is 0 Å². The molecule has 0 unspecified atom stereocenters. The molecule has 0 aromatic heterocycles. The number of ether oxygens (including phenoxy) is 3. The standard InChI is InChI=1S/C15H24O5/c1-6-13-9(3)12-10(4)14(17,19-13)11(5)15(18-12,20-13)8(2)7-16/h7-12,17H,6H2,1-5H3/t8-,9+,10-,11-,12-,13+,14+,15+/m1/s1. The summed E-state index contributed by atoms with van der Waals surface area (Å²) < 4.78 is 18.4. The summed E-state index contributed by atoms with van der Waals surface area (Å²) in [7, 11) is 0. The van der Waals surface area contributed by atoms with Crippen LogP contribution < -0.4 is 0 Å². The molecule has 0 aliphatic carbocycles. The molecular formula is C15H24O5. The van der Waals surface area contributed by atoms with E-state index in [0.717, 1.165) is 6.29 Å². The quantitative estimate of drug-likeness (QED) is 0.799. The first kappa shape index (κ1) is 14.4. The summed E-state index contributed by atoms with van der Waals surface area (Å²) in [6.07, 6.45) is 1.29. The van der Waals surface area contributed by atoms with Gasteiger partial charge in [-0.1, -0.05) is 34.6 Å². The number of aldehydes is 1. The Kier molecular flexibility index (Phi) is 2.91. The van der Waals surface area contributed by atoms with Crippen LogP contribution in [0.4, 0.5) is 0 Å². The van der Waals surface area contributed by atoms with Crippen molar-refractivity contribution in [1.29, 1.82) is 0 Å². The van der Waals surface area contributed by atoms with Crippen molar-refractivity contribution < 1.29 is 24.1 Å². The molecule has 0 aromatic carbocycles. The monoisotopic (exact) mass is 284 g/mol. The summed E-state index contributed by atoms with van der Waals surface area (Å²) in [4.78, 5) is 11.3. The van der Waals surface area contributed by atoms with Gasteiger partial charge in [-0.3, -0.25) is 0 Å². The largest absolute Gasteiger partial charge is 0.365 e. The van der Waals surface area contributed by atoms with Gasteiger partial charge in [-0.25, -0.2) is 0 Å². The Hall–Kier alpha value is -0.490. The van der Waals surface area contributed by atoms with E-state index in [1.807, 2.05) is 27.7 Å². The zero-order valence-electron chi connectivity index (χ0n) is 12.8. The zero-order chi connectivity index (χ0) is 14.9. The van der Waals surface area contributed by atoms with Gasteiger partial charge in [0.05, 0.1) is 17.9 Å². The van der Waals surface area contributed by atoms with Crippen LogP contribution in [0.25, 0.3) is 0 Å². The second-order valence-electron chi connectivity index (χ2n) is 6.65. The minimum absolute atomic E-state index is 0.0160. The zero-order valence-corrected chi connectivity index (χ0v) is 12.8. The smallest absolute Gasteiger partial charge is 0.188 e. The normalized spacial score (nSPS) is 58.7. The fourth-order valence-corrected chi connectivity index (χ4v) is 4.32. The summed E-state index contributed by atoms with van der Waals surface area (Å²) in [6, 6.07) is 0. The lowest BCUT2D eigenvalue weighted by Crippen LogP contribution is -2.83. The van der Waals surface area contributed by atoms with Gasteiger partial charge in [0.2, 0.25) is 0 Å². The molecule has 0 saturated carbocycles. The molecule has 4 heterocycles. The highest BCUT2D eigenvalue weighted by Crippen LogP contribution is 2.63. The molecule has 5 heteroatoms. The highest BCUT2D eigenvalue weighted by molar-refractivity contribution is 5.55. The summed E-state index contributed by atoms with van der Waals surface area (Å²) >= 11 is 0. The molecule has 4 saturated heterocycles. The van der Waals surface area contributed by atoms with Crippen molar-refractivity contribution in [2.24, 2.45) is 23.7 Å². The highest BCUT2D eigenvalue weighted by atomic mass is 16.9. The average molecular weight is 284 g/mol. The molecule has 4 aliphatic rings. The lowest BCUT2D eigenvalue weighted by molar-refractivity contribution is -0.589. The van der Waals surface area contributed by atoms with Crippen LogP contribution in [0, 0.1) is 23.7 Å². The van der Waals surface area contributed by atoms with Crippen molar-refractivity contribution in [2.45, 2.75) is 64.5 Å². The Balaban J connectivity index is 2.15. The van der Waals surface area contributed by atoms with Gasteiger partial charge in [0, 0.05) is 11.8 Å². The van der Waals surface area contributed by atoms with E-state index in [-0.39, 0.29) is 17.9 Å². The van der Waals surface area contributed by atoms with Crippen LogP contribution in [0.5, 0.6) is 0 Å². The summed E-state index contributed by atoms with van der Waals surface area (Å²) in [5, 5.41) is 11.1. The SMILES string of the molecule is CC[C@]12O[C@@]3(O)[C@H](C)[C@H](O[C@@]([C@H](C)C=O)(O1)[C@@H]3C)[C@@H]2C. The van der Waals surface area contributed by atoms with Gasteiger partial charge >= 0.3 is 0 Å². The fourth-order valence-electron chi connectivity index (χ4n) is 4.32. The predicted octanol–water partition coefficient (Wildman–Crippen LogP) is 1.68. The Morgan fingerprint density at radius 3 is 2.45 bits per heavy atom. The van der Waals surface area contributed by atoms with Gasteiger partial charge in [-0.15, -0.1) is 0 Å². The van der Waals surface area contributed by atoms with Gasteiger partial charge in [0.1, 0.15) is 6.29 Å². The van der Waals surface area contributed by atoms with Crippen molar-refractivity contribution in [2.75, 3.05) is 0 Å². The number of rotatable bonds is 3. The predicted molar refractivity (Wildman–Crippen MR) is 70.5 cm³/mol. The van der Waals surface area contributed by atoms with Crippen molar-refractivity contribution in [3.63, 3.8) is 0 Å². The number of hydrogen-bond acceptors (Lipinski definition) is 5. The van der Waals surface area contributed by atoms with Gasteiger partial charge < -0.3 is 24.1 Å². The van der Waals surface area contributed by atoms with Gasteiger partial charge in [0.25, 0.3) is 0 Å². The third-order valence-corrected chi connectivity index (χ3v) is 5.88. The molecule has 114 valence electrons. The third kappa shape index (κ3) is 1.35. The Bertz CT molecular complexity index is 430. The first-order chi connectivity index (χ1) is 9.27. The molecule has 0 amide bonds. The molecule has 1 N–H and O–H groups in total. The van der Waals surface area contributed by atoms with Gasteiger partial charge in [-0.2, -0.15) is 0 Å². The Labute approximate surface area is 119 Å². The van der Waals surface area contributed by atoms with Crippen LogP contribution in [0.15, 0.2) is 0 Å². The topological polar surface area (TPSA) is 65.0 Å². The van der Waals surface area contributed by atoms with Crippen molar-refractivity contribution in [3.05, 3.63) is 0 Å². The molecule has 0 radical (unpaired) electrons. The lowest BCUT2D eigenvalue weighted by atomic mass is 9.65. The van der Waals surface area contributed by atoms with Crippen molar-refractivity contribution in [1.82, 2.24) is 0 Å². The molecule has 4 rings (SSSR count). The minimum atomic E-state index is -1.30. The van der Waals surface area contributed by atoms with E-state index in [1.54, 1.807) is 6.92 Å². The maximum absolute atomic E-state index is 11.3. The van der Waals surface area contributed by atoms with Gasteiger partial charge in [0.15, 0.2) is 17.4 Å². The second kappa shape index (κ2) is 4.03. The van der Waals surface area contributed by atoms with Gasteiger partial charge in [-0.05, 0) is 6.42 Å². The molecule has 20 heavy (non-hydrogen) atoms. The number of aliphatic hydroxyl groups is 1. The maximum atomic E-state index is 11.3. The molecule has 8 atom stereocenters. The summed E-state index contributed by atoms with van der Waals surface area (Å²) in [5.74, 6) is -4.27. The molecular weight excluding hydrogens is 260 g/mol. The number of carbonyl (C=O) groups excluding carboxylic acids is 1. The molecule has 5 nitrogen and oxygen atoms in total. The van der Waals surface area contributed by atoms with Crippen LogP contribution in [0.1, 0.15) is 41.0 Å². The first-order valence-corrected chi connectivity index (χ1v) is 7.53. The highest BCUT2D eigenvalue weighted by Gasteiger charge is 2.76. The van der Waals surface area contributed by atoms with Crippen LogP contribution in [0.2, 0.25) is 0 Å². The van der Waals surface area contributed by atoms with E-state index >= 15 is 0 Å². The first-order valence-electron chi connectivity index (χ1n) is 7.53. The third-order valence-electron chi connectivity index (χ3n) is 5.88. The van der Waals surface area contributed by atoms with E-state index in [1.165, 1.54) is 0 Å². The summed E-state index contributed by atoms with van der Waals surface area (Å²) in [5.41, 5.74) is 0. The van der Waals surface area contributed by atoms with E-state index in [9.17, 15) is 9.90 Å². The van der Waals surface area contributed by atoms with E-state index in [0.29, 0.717) is 6.42 Å². The molecule has 0 aromatic rings. The van der Waals surface area contributed by atoms with E-state index < -0.39 is 29.2 Å². The van der Waals surface area contributed by atoms with Crippen molar-refractivity contribution >= 4 is 6.29 Å². The van der Waals surface area contributed by atoms with Crippen molar-refractivity contribution in [3.8, 4) is 0 Å². The minimum Gasteiger partial charge on any atom is -0.365 e. The summed E-state index contributed by atoms with van der Waals surface area (Å²) in [6.45, 7) is 9.55. The van der Waals surface area contributed by atoms with Crippen LogP contribution in [-0.2, 0) is 19.0 Å². The molecule has 0 spiro atoms. The Morgan fingerprint density at radius 1 is 1.25 bits per heavy atom. The average Bonchev–Trinajstić information content (AvgIpc) is 2.44. The molecule has 4 bridgehead atoms. The van der Waals surface area contributed by atoms with Crippen LogP contribution in [0.3, 0.4) is 0 Å². The molecule has 4 aliphatic heterocycles. The van der Waals surface area contributed by atoms with E-state index in [2.05, 4.69) is 0 Å². The van der Waals surface area contributed by atoms with E-state index in [4.69, 9.17) is 14.2 Å². The molecule has 4 fully saturated rings. The number of hydrogen-bond donors (Lipinski definition) is 1. The number of carbonyl (C=O) groups is 1.